The van der Waals surface area contributed by atoms with Crippen molar-refractivity contribution in [3.05, 3.63) is 41.4 Å². The summed E-state index contributed by atoms with van der Waals surface area (Å²) in [6, 6.07) is 9.45. The van der Waals surface area contributed by atoms with Crippen molar-refractivity contribution >= 4 is 17.2 Å². The molecule has 1 atom stereocenters. The van der Waals surface area contributed by atoms with Gasteiger partial charge in [-0.1, -0.05) is 30.3 Å². The number of rotatable bonds is 4. The fourth-order valence-corrected chi connectivity index (χ4v) is 2.24. The van der Waals surface area contributed by atoms with Gasteiger partial charge < -0.3 is 10.4 Å². The molecule has 2 aromatic rings. The zero-order valence-corrected chi connectivity index (χ0v) is 10.8. The third-order valence-corrected chi connectivity index (χ3v) is 3.30. The first-order valence-corrected chi connectivity index (χ1v) is 6.51. The van der Waals surface area contributed by atoms with Crippen molar-refractivity contribution in [2.45, 2.75) is 13.0 Å². The average Bonchev–Trinajstić information content (AvgIpc) is 2.89. The summed E-state index contributed by atoms with van der Waals surface area (Å²) < 4.78 is 0. The first kappa shape index (κ1) is 12.7. The number of nitrogens with one attached hydrogen (secondary N) is 1. The van der Waals surface area contributed by atoms with Gasteiger partial charge >= 0.3 is 0 Å². The Bertz CT molecular complexity index is 525. The van der Waals surface area contributed by atoms with E-state index in [1.165, 1.54) is 11.3 Å². The number of hydrogen-bond donors (Lipinski definition) is 2. The summed E-state index contributed by atoms with van der Waals surface area (Å²) in [5.41, 5.74) is 1.39. The average molecular weight is 262 g/mol. The van der Waals surface area contributed by atoms with E-state index in [9.17, 15) is 4.79 Å². The monoisotopic (exact) mass is 262 g/mol. The normalized spacial score (nSPS) is 12.1. The molecule has 0 saturated heterocycles. The highest BCUT2D eigenvalue weighted by Crippen LogP contribution is 2.23. The lowest BCUT2D eigenvalue weighted by Crippen LogP contribution is -2.35. The molecule has 1 aromatic carbocycles. The van der Waals surface area contributed by atoms with Gasteiger partial charge in [0.25, 0.3) is 5.91 Å². The van der Waals surface area contributed by atoms with Crippen LogP contribution in [0.3, 0.4) is 0 Å². The Morgan fingerprint density at radius 2 is 2.17 bits per heavy atom. The molecular weight excluding hydrogens is 248 g/mol. The number of benzene rings is 1. The Balaban J connectivity index is 2.13. The highest BCUT2D eigenvalue weighted by atomic mass is 32.1. The summed E-state index contributed by atoms with van der Waals surface area (Å²) in [7, 11) is 0. The number of amides is 1. The van der Waals surface area contributed by atoms with Crippen molar-refractivity contribution in [1.29, 1.82) is 0 Å². The van der Waals surface area contributed by atoms with E-state index in [0.29, 0.717) is 5.69 Å². The fraction of sp³-hybridized carbons (Fsp3) is 0.231. The van der Waals surface area contributed by atoms with Gasteiger partial charge in [0, 0.05) is 17.0 Å². The first-order chi connectivity index (χ1) is 8.70. The molecule has 0 bridgehead atoms. The molecule has 1 unspecified atom stereocenters. The predicted molar refractivity (Wildman–Crippen MR) is 71.6 cm³/mol. The highest BCUT2D eigenvalue weighted by molar-refractivity contribution is 7.13. The van der Waals surface area contributed by atoms with E-state index in [2.05, 4.69) is 10.3 Å². The SMILES string of the molecule is CC(CO)NC(=O)c1csc(-c2ccccc2)n1. The number of aliphatic hydroxyl groups is 1. The molecule has 2 N–H and O–H groups in total. The number of aliphatic hydroxyl groups excluding tert-OH is 1. The van der Waals surface area contributed by atoms with E-state index in [1.807, 2.05) is 30.3 Å². The number of hydrogen-bond acceptors (Lipinski definition) is 4. The third-order valence-electron chi connectivity index (χ3n) is 2.41. The zero-order chi connectivity index (χ0) is 13.0. The van der Waals surface area contributed by atoms with E-state index in [1.54, 1.807) is 12.3 Å². The third kappa shape index (κ3) is 2.94. The van der Waals surface area contributed by atoms with Crippen LogP contribution in [0, 0.1) is 0 Å². The van der Waals surface area contributed by atoms with Crippen molar-refractivity contribution in [2.24, 2.45) is 0 Å². The largest absolute Gasteiger partial charge is 0.394 e. The lowest BCUT2D eigenvalue weighted by molar-refractivity contribution is 0.0918. The van der Waals surface area contributed by atoms with Gasteiger partial charge in [-0.25, -0.2) is 4.98 Å². The zero-order valence-electron chi connectivity index (χ0n) is 9.96. The van der Waals surface area contributed by atoms with Crippen LogP contribution >= 0.6 is 11.3 Å². The quantitative estimate of drug-likeness (QED) is 0.885. The van der Waals surface area contributed by atoms with Gasteiger partial charge in [-0.15, -0.1) is 11.3 Å². The maximum Gasteiger partial charge on any atom is 0.271 e. The van der Waals surface area contributed by atoms with Crippen LogP contribution in [0.25, 0.3) is 10.6 Å². The molecule has 4 nitrogen and oxygen atoms in total. The van der Waals surface area contributed by atoms with E-state index in [-0.39, 0.29) is 18.6 Å². The molecule has 1 heterocycles. The van der Waals surface area contributed by atoms with Gasteiger partial charge in [-0.05, 0) is 6.92 Å². The summed E-state index contributed by atoms with van der Waals surface area (Å²) in [6.45, 7) is 1.66. The molecule has 0 spiro atoms. The minimum absolute atomic E-state index is 0.0819. The molecule has 0 fully saturated rings. The number of carbonyl (C=O) groups is 1. The van der Waals surface area contributed by atoms with Crippen molar-refractivity contribution in [1.82, 2.24) is 10.3 Å². The first-order valence-electron chi connectivity index (χ1n) is 5.63. The van der Waals surface area contributed by atoms with Crippen LogP contribution in [0.4, 0.5) is 0 Å². The second-order valence-electron chi connectivity index (χ2n) is 3.96. The van der Waals surface area contributed by atoms with Gasteiger partial charge in [-0.2, -0.15) is 0 Å². The Morgan fingerprint density at radius 1 is 1.44 bits per heavy atom. The van der Waals surface area contributed by atoms with Crippen LogP contribution in [0.5, 0.6) is 0 Å². The Hall–Kier alpha value is -1.72. The molecule has 0 aliphatic carbocycles. The summed E-state index contributed by atoms with van der Waals surface area (Å²) in [4.78, 5) is 16.1. The van der Waals surface area contributed by atoms with Crippen LogP contribution in [0.1, 0.15) is 17.4 Å². The topological polar surface area (TPSA) is 62.2 Å². The maximum atomic E-state index is 11.8. The van der Waals surface area contributed by atoms with E-state index >= 15 is 0 Å². The number of thiazole rings is 1. The van der Waals surface area contributed by atoms with Crippen molar-refractivity contribution in [3.63, 3.8) is 0 Å². The molecular formula is C13H14N2O2S. The Morgan fingerprint density at radius 3 is 2.83 bits per heavy atom. The minimum atomic E-state index is -0.264. The van der Waals surface area contributed by atoms with Crippen LogP contribution in [0.15, 0.2) is 35.7 Å². The smallest absolute Gasteiger partial charge is 0.271 e. The molecule has 5 heteroatoms. The van der Waals surface area contributed by atoms with Gasteiger partial charge in [0.05, 0.1) is 6.61 Å². The number of nitrogens with zero attached hydrogens (tertiary/aromatic N) is 1. The fourth-order valence-electron chi connectivity index (χ4n) is 1.43. The molecule has 0 radical (unpaired) electrons. The van der Waals surface area contributed by atoms with Gasteiger partial charge in [0.1, 0.15) is 10.7 Å². The summed E-state index contributed by atoms with van der Waals surface area (Å²) in [5.74, 6) is -0.255. The van der Waals surface area contributed by atoms with Crippen molar-refractivity contribution in [2.75, 3.05) is 6.61 Å². The number of aromatic nitrogens is 1. The van der Waals surface area contributed by atoms with Gasteiger partial charge in [0.2, 0.25) is 0 Å². The predicted octanol–water partition coefficient (Wildman–Crippen LogP) is 1.92. The molecule has 2 rings (SSSR count). The summed E-state index contributed by atoms with van der Waals surface area (Å²) >= 11 is 1.43. The van der Waals surface area contributed by atoms with Gasteiger partial charge in [-0.3, -0.25) is 4.79 Å². The van der Waals surface area contributed by atoms with Crippen molar-refractivity contribution < 1.29 is 9.90 Å². The second kappa shape index (κ2) is 5.75. The van der Waals surface area contributed by atoms with Crippen LogP contribution < -0.4 is 5.32 Å². The standard InChI is InChI=1S/C13H14N2O2S/c1-9(7-16)14-12(17)11-8-18-13(15-11)10-5-3-2-4-6-10/h2-6,8-9,16H,7H2,1H3,(H,14,17). The Labute approximate surface area is 109 Å². The highest BCUT2D eigenvalue weighted by Gasteiger charge is 2.13. The van der Waals surface area contributed by atoms with Crippen molar-refractivity contribution in [3.8, 4) is 10.6 Å². The molecule has 1 amide bonds. The van der Waals surface area contributed by atoms with E-state index < -0.39 is 0 Å². The lowest BCUT2D eigenvalue weighted by Gasteiger charge is -2.08. The lowest BCUT2D eigenvalue weighted by atomic mass is 10.2. The molecule has 0 saturated carbocycles. The summed E-state index contributed by atoms with van der Waals surface area (Å²) in [5, 5.41) is 14.1. The molecule has 0 aliphatic rings. The Kier molecular flexibility index (Phi) is 4.07. The van der Waals surface area contributed by atoms with Crippen LogP contribution in [-0.2, 0) is 0 Å². The number of carbonyl (C=O) groups excluding carboxylic acids is 1. The minimum Gasteiger partial charge on any atom is -0.394 e. The second-order valence-corrected chi connectivity index (χ2v) is 4.82. The molecule has 94 valence electrons. The molecule has 0 aliphatic heterocycles. The summed E-state index contributed by atoms with van der Waals surface area (Å²) in [6.07, 6.45) is 0. The molecule has 1 aromatic heterocycles. The van der Waals surface area contributed by atoms with Crippen LogP contribution in [0.2, 0.25) is 0 Å². The van der Waals surface area contributed by atoms with E-state index in [4.69, 9.17) is 5.11 Å². The molecule has 18 heavy (non-hydrogen) atoms. The van der Waals surface area contributed by atoms with E-state index in [0.717, 1.165) is 10.6 Å². The maximum absolute atomic E-state index is 11.8. The van der Waals surface area contributed by atoms with Gasteiger partial charge in [0.15, 0.2) is 0 Å². The van der Waals surface area contributed by atoms with Crippen LogP contribution in [-0.4, -0.2) is 28.6 Å².